The lowest BCUT2D eigenvalue weighted by Gasteiger charge is -2.11. The summed E-state index contributed by atoms with van der Waals surface area (Å²) in [6.07, 6.45) is 0. The van der Waals surface area contributed by atoms with Gasteiger partial charge >= 0.3 is 0 Å². The minimum atomic E-state index is -0.277. The van der Waals surface area contributed by atoms with Crippen molar-refractivity contribution in [1.82, 2.24) is 0 Å². The fourth-order valence-corrected chi connectivity index (χ4v) is 2.69. The predicted molar refractivity (Wildman–Crippen MR) is 81.6 cm³/mol. The summed E-state index contributed by atoms with van der Waals surface area (Å²) >= 11 is 7.50. The third kappa shape index (κ3) is 3.88. The molecule has 0 unspecified atom stereocenters. The van der Waals surface area contributed by atoms with Gasteiger partial charge in [0, 0.05) is 27.7 Å². The van der Waals surface area contributed by atoms with Crippen LogP contribution in [0.15, 0.2) is 47.4 Å². The summed E-state index contributed by atoms with van der Waals surface area (Å²) in [5.41, 5.74) is 1.64. The highest BCUT2D eigenvalue weighted by Gasteiger charge is 2.05. The van der Waals surface area contributed by atoms with Crippen molar-refractivity contribution in [3.63, 3.8) is 0 Å². The third-order valence-electron chi connectivity index (χ3n) is 2.67. The van der Waals surface area contributed by atoms with Gasteiger partial charge in [0.05, 0.1) is 0 Å². The molecule has 100 valence electrons. The zero-order valence-electron chi connectivity index (χ0n) is 10.6. The van der Waals surface area contributed by atoms with Crippen molar-refractivity contribution in [1.29, 1.82) is 0 Å². The highest BCUT2D eigenvalue weighted by molar-refractivity contribution is 7.99. The number of nitrogens with one attached hydrogen (secondary N) is 1. The second kappa shape index (κ2) is 6.83. The molecule has 0 radical (unpaired) electrons. The molecule has 4 heteroatoms. The molecule has 0 aromatic heterocycles. The molecule has 0 amide bonds. The number of rotatable bonds is 5. The molecule has 0 saturated carbocycles. The number of hydrogen-bond donors (Lipinski definition) is 1. The molecule has 2 aromatic carbocycles. The molecule has 2 aromatic rings. The summed E-state index contributed by atoms with van der Waals surface area (Å²) < 4.78 is 13.7. The molecular weight excluding hydrogens is 281 g/mol. The highest BCUT2D eigenvalue weighted by Crippen LogP contribution is 2.27. The van der Waals surface area contributed by atoms with Crippen molar-refractivity contribution in [2.75, 3.05) is 11.1 Å². The SMILES string of the molecule is CCSc1ccccc1NCc1ccc(Cl)cc1F. The Morgan fingerprint density at radius 2 is 2.00 bits per heavy atom. The maximum atomic E-state index is 13.7. The van der Waals surface area contributed by atoms with E-state index in [0.29, 0.717) is 17.1 Å². The Bertz CT molecular complexity index is 560. The van der Waals surface area contributed by atoms with Crippen LogP contribution < -0.4 is 5.32 Å². The molecular formula is C15H15ClFNS. The summed E-state index contributed by atoms with van der Waals surface area (Å²) in [6.45, 7) is 2.56. The molecule has 1 N–H and O–H groups in total. The van der Waals surface area contributed by atoms with Crippen LogP contribution in [0.2, 0.25) is 5.02 Å². The molecule has 0 saturated heterocycles. The Hall–Kier alpha value is -1.19. The zero-order chi connectivity index (χ0) is 13.7. The molecule has 0 atom stereocenters. The number of anilines is 1. The van der Waals surface area contributed by atoms with Gasteiger partial charge in [-0.2, -0.15) is 0 Å². The minimum Gasteiger partial charge on any atom is -0.380 e. The van der Waals surface area contributed by atoms with Crippen LogP contribution in [0.5, 0.6) is 0 Å². The molecule has 1 nitrogen and oxygen atoms in total. The van der Waals surface area contributed by atoms with Crippen molar-refractivity contribution in [2.45, 2.75) is 18.4 Å². The normalized spacial score (nSPS) is 10.5. The van der Waals surface area contributed by atoms with E-state index < -0.39 is 0 Å². The Labute approximate surface area is 122 Å². The summed E-state index contributed by atoms with van der Waals surface area (Å²) in [4.78, 5) is 1.18. The van der Waals surface area contributed by atoms with Gasteiger partial charge in [-0.05, 0) is 30.0 Å². The summed E-state index contributed by atoms with van der Waals surface area (Å²) in [6, 6.07) is 12.8. The van der Waals surface area contributed by atoms with Crippen molar-refractivity contribution >= 4 is 29.1 Å². The molecule has 0 bridgehead atoms. The fraction of sp³-hybridized carbons (Fsp3) is 0.200. The minimum absolute atomic E-state index is 0.277. The van der Waals surface area contributed by atoms with Gasteiger partial charge in [0.15, 0.2) is 0 Å². The van der Waals surface area contributed by atoms with Gasteiger partial charge < -0.3 is 5.32 Å². The number of para-hydroxylation sites is 1. The van der Waals surface area contributed by atoms with Gasteiger partial charge in [-0.3, -0.25) is 0 Å². The van der Waals surface area contributed by atoms with Crippen LogP contribution in [0, 0.1) is 5.82 Å². The maximum Gasteiger partial charge on any atom is 0.129 e. The monoisotopic (exact) mass is 295 g/mol. The molecule has 0 heterocycles. The van der Waals surface area contributed by atoms with Crippen LogP contribution in [0.1, 0.15) is 12.5 Å². The van der Waals surface area contributed by atoms with Gasteiger partial charge in [-0.1, -0.05) is 36.7 Å². The van der Waals surface area contributed by atoms with Crippen molar-refractivity contribution in [3.05, 3.63) is 58.9 Å². The van der Waals surface area contributed by atoms with E-state index in [1.54, 1.807) is 23.9 Å². The van der Waals surface area contributed by atoms with Crippen LogP contribution in [0.4, 0.5) is 10.1 Å². The van der Waals surface area contributed by atoms with Gasteiger partial charge in [0.1, 0.15) is 5.82 Å². The average molecular weight is 296 g/mol. The number of benzene rings is 2. The second-order valence-corrected chi connectivity index (χ2v) is 5.76. The van der Waals surface area contributed by atoms with E-state index in [9.17, 15) is 4.39 Å². The first kappa shape index (κ1) is 14.2. The van der Waals surface area contributed by atoms with Crippen LogP contribution in [-0.2, 0) is 6.54 Å². The first-order chi connectivity index (χ1) is 9.20. The predicted octanol–water partition coefficient (Wildman–Crippen LogP) is 5.20. The topological polar surface area (TPSA) is 12.0 Å². The van der Waals surface area contributed by atoms with E-state index in [1.165, 1.54) is 11.0 Å². The van der Waals surface area contributed by atoms with E-state index in [1.807, 2.05) is 18.2 Å². The van der Waals surface area contributed by atoms with E-state index >= 15 is 0 Å². The molecule has 0 spiro atoms. The van der Waals surface area contributed by atoms with E-state index in [-0.39, 0.29) is 5.82 Å². The average Bonchev–Trinajstić information content (AvgIpc) is 2.40. The van der Waals surface area contributed by atoms with Crippen molar-refractivity contribution in [3.8, 4) is 0 Å². The van der Waals surface area contributed by atoms with Gasteiger partial charge in [0.25, 0.3) is 0 Å². The fourth-order valence-electron chi connectivity index (χ4n) is 1.75. The summed E-state index contributed by atoms with van der Waals surface area (Å²) in [5.74, 6) is 0.731. The van der Waals surface area contributed by atoms with Crippen LogP contribution in [0.25, 0.3) is 0 Å². The van der Waals surface area contributed by atoms with E-state index in [0.717, 1.165) is 11.4 Å². The number of hydrogen-bond acceptors (Lipinski definition) is 2. The Morgan fingerprint density at radius 3 is 2.74 bits per heavy atom. The Morgan fingerprint density at radius 1 is 1.21 bits per heavy atom. The Kier molecular flexibility index (Phi) is 5.11. The maximum absolute atomic E-state index is 13.7. The zero-order valence-corrected chi connectivity index (χ0v) is 12.2. The highest BCUT2D eigenvalue weighted by atomic mass is 35.5. The van der Waals surface area contributed by atoms with E-state index in [2.05, 4.69) is 18.3 Å². The second-order valence-electron chi connectivity index (χ2n) is 4.02. The Balaban J connectivity index is 2.10. The van der Waals surface area contributed by atoms with Crippen LogP contribution in [0.3, 0.4) is 0 Å². The first-order valence-electron chi connectivity index (χ1n) is 6.10. The number of thioether (sulfide) groups is 1. The van der Waals surface area contributed by atoms with Crippen LogP contribution in [-0.4, -0.2) is 5.75 Å². The molecule has 0 aliphatic carbocycles. The lowest BCUT2D eigenvalue weighted by Crippen LogP contribution is -2.02. The van der Waals surface area contributed by atoms with Crippen molar-refractivity contribution in [2.24, 2.45) is 0 Å². The lowest BCUT2D eigenvalue weighted by atomic mass is 10.2. The standard InChI is InChI=1S/C15H15ClFNS/c1-2-19-15-6-4-3-5-14(15)18-10-11-7-8-12(16)9-13(11)17/h3-9,18H,2,10H2,1H3. The molecule has 2 rings (SSSR count). The van der Waals surface area contributed by atoms with Gasteiger partial charge in [-0.15, -0.1) is 11.8 Å². The molecule has 0 aliphatic rings. The van der Waals surface area contributed by atoms with Crippen LogP contribution >= 0.6 is 23.4 Å². The lowest BCUT2D eigenvalue weighted by molar-refractivity contribution is 0.613. The quantitative estimate of drug-likeness (QED) is 0.761. The largest absolute Gasteiger partial charge is 0.380 e. The van der Waals surface area contributed by atoms with Gasteiger partial charge in [-0.25, -0.2) is 4.39 Å². The first-order valence-corrected chi connectivity index (χ1v) is 7.46. The van der Waals surface area contributed by atoms with Crippen molar-refractivity contribution < 1.29 is 4.39 Å². The smallest absolute Gasteiger partial charge is 0.129 e. The molecule has 0 fully saturated rings. The molecule has 19 heavy (non-hydrogen) atoms. The number of halogens is 2. The van der Waals surface area contributed by atoms with Gasteiger partial charge in [0.2, 0.25) is 0 Å². The summed E-state index contributed by atoms with van der Waals surface area (Å²) in [5, 5.41) is 3.69. The summed E-state index contributed by atoms with van der Waals surface area (Å²) in [7, 11) is 0. The third-order valence-corrected chi connectivity index (χ3v) is 3.86. The van der Waals surface area contributed by atoms with E-state index in [4.69, 9.17) is 11.6 Å². The molecule has 0 aliphatic heterocycles.